The smallest absolute Gasteiger partial charge is 0.189 e. The molecule has 0 radical (unpaired) electrons. The molecule has 0 aliphatic heterocycles. The van der Waals surface area contributed by atoms with Crippen LogP contribution in [0.2, 0.25) is 0 Å². The number of phenols is 1. The summed E-state index contributed by atoms with van der Waals surface area (Å²) in [7, 11) is 1.53. The number of hydrogen-bond acceptors (Lipinski definition) is 6. The second kappa shape index (κ2) is 4.13. The van der Waals surface area contributed by atoms with Gasteiger partial charge in [0.05, 0.1) is 12.7 Å². The van der Waals surface area contributed by atoms with Crippen LogP contribution in [-0.2, 0) is 0 Å². The quantitative estimate of drug-likeness (QED) is 0.713. The number of fused-ring (bicyclic) bond motifs is 1. The van der Waals surface area contributed by atoms with Gasteiger partial charge in [0.15, 0.2) is 17.3 Å². The minimum absolute atomic E-state index is 0.0495. The monoisotopic (exact) mass is 257 g/mol. The van der Waals surface area contributed by atoms with E-state index in [1.54, 1.807) is 28.9 Å². The van der Waals surface area contributed by atoms with Crippen LogP contribution in [0.25, 0.3) is 17.0 Å². The van der Waals surface area contributed by atoms with E-state index >= 15 is 0 Å². The summed E-state index contributed by atoms with van der Waals surface area (Å²) in [5.41, 5.74) is 6.72. The molecule has 3 aromatic rings. The molecule has 2 aromatic heterocycles. The molecule has 7 nitrogen and oxygen atoms in total. The highest BCUT2D eigenvalue weighted by Gasteiger charge is 2.13. The number of ether oxygens (including phenoxy) is 1. The predicted octanol–water partition coefficient (Wildman–Crippen LogP) is 1.09. The number of nitrogens with two attached hydrogens (primary N) is 1. The molecule has 0 fully saturated rings. The van der Waals surface area contributed by atoms with Gasteiger partial charge in [-0.3, -0.25) is 4.40 Å². The van der Waals surface area contributed by atoms with Gasteiger partial charge in [-0.1, -0.05) is 0 Å². The van der Waals surface area contributed by atoms with Crippen LogP contribution in [-0.4, -0.2) is 31.8 Å². The lowest BCUT2D eigenvalue weighted by atomic mass is 10.2. The van der Waals surface area contributed by atoms with Crippen LogP contribution in [0.15, 0.2) is 30.6 Å². The van der Waals surface area contributed by atoms with Crippen molar-refractivity contribution in [3.8, 4) is 22.9 Å². The highest BCUT2D eigenvalue weighted by atomic mass is 16.5. The summed E-state index contributed by atoms with van der Waals surface area (Å²) in [6, 6.07) is 4.94. The zero-order valence-electron chi connectivity index (χ0n) is 10.1. The summed E-state index contributed by atoms with van der Waals surface area (Å²) >= 11 is 0. The van der Waals surface area contributed by atoms with Gasteiger partial charge < -0.3 is 15.6 Å². The van der Waals surface area contributed by atoms with Crippen LogP contribution in [0.5, 0.6) is 11.5 Å². The Morgan fingerprint density at radius 1 is 1.32 bits per heavy atom. The van der Waals surface area contributed by atoms with Crippen molar-refractivity contribution in [1.82, 2.24) is 19.6 Å². The fraction of sp³-hybridized carbons (Fsp3) is 0.0833. The van der Waals surface area contributed by atoms with Crippen LogP contribution in [0.4, 0.5) is 5.82 Å². The Balaban J connectivity index is 2.25. The van der Waals surface area contributed by atoms with Crippen LogP contribution in [0.1, 0.15) is 0 Å². The number of aromatic nitrogens is 4. The van der Waals surface area contributed by atoms with E-state index in [0.717, 1.165) is 0 Å². The lowest BCUT2D eigenvalue weighted by Crippen LogP contribution is -2.03. The molecule has 3 N–H and O–H groups in total. The summed E-state index contributed by atoms with van der Waals surface area (Å²) in [4.78, 5) is 4.10. The Kier molecular flexibility index (Phi) is 2.45. The molecule has 0 saturated carbocycles. The topological polar surface area (TPSA) is 98.6 Å². The Hall–Kier alpha value is -2.83. The zero-order valence-corrected chi connectivity index (χ0v) is 10.1. The lowest BCUT2D eigenvalue weighted by Gasteiger charge is -2.08. The average molecular weight is 257 g/mol. The predicted molar refractivity (Wildman–Crippen MR) is 68.8 cm³/mol. The number of hydrogen-bond donors (Lipinski definition) is 2. The number of anilines is 1. The van der Waals surface area contributed by atoms with Crippen LogP contribution in [0, 0.1) is 0 Å². The molecule has 0 bridgehead atoms. The normalized spacial score (nSPS) is 10.8. The van der Waals surface area contributed by atoms with Gasteiger partial charge in [0.2, 0.25) is 0 Å². The molecule has 0 unspecified atom stereocenters. The number of nitrogens with zero attached hydrogens (tertiary/aromatic N) is 4. The molecule has 0 spiro atoms. The van der Waals surface area contributed by atoms with Gasteiger partial charge in [-0.05, 0) is 12.1 Å². The van der Waals surface area contributed by atoms with Crippen molar-refractivity contribution in [3.05, 3.63) is 30.6 Å². The Morgan fingerprint density at radius 3 is 2.89 bits per heavy atom. The third kappa shape index (κ3) is 1.71. The zero-order chi connectivity index (χ0) is 13.4. The van der Waals surface area contributed by atoms with E-state index < -0.39 is 0 Å². The fourth-order valence-electron chi connectivity index (χ4n) is 1.87. The van der Waals surface area contributed by atoms with Crippen molar-refractivity contribution in [2.75, 3.05) is 12.8 Å². The molecule has 7 heteroatoms. The third-order valence-electron chi connectivity index (χ3n) is 2.80. The highest BCUT2D eigenvalue weighted by molar-refractivity contribution is 5.70. The molecule has 0 saturated heterocycles. The van der Waals surface area contributed by atoms with E-state index in [2.05, 4.69) is 15.2 Å². The van der Waals surface area contributed by atoms with Crippen LogP contribution in [0.3, 0.4) is 0 Å². The molecule has 19 heavy (non-hydrogen) atoms. The number of benzene rings is 1. The van der Waals surface area contributed by atoms with Gasteiger partial charge in [-0.2, -0.15) is 0 Å². The van der Waals surface area contributed by atoms with Gasteiger partial charge >= 0.3 is 0 Å². The minimum atomic E-state index is 0.0495. The number of imidazole rings is 1. The van der Waals surface area contributed by atoms with Crippen molar-refractivity contribution in [3.63, 3.8) is 0 Å². The van der Waals surface area contributed by atoms with Crippen molar-refractivity contribution in [1.29, 1.82) is 0 Å². The van der Waals surface area contributed by atoms with Gasteiger partial charge in [-0.15, -0.1) is 10.2 Å². The molecule has 2 heterocycles. The van der Waals surface area contributed by atoms with E-state index in [1.165, 1.54) is 13.2 Å². The molecule has 0 aliphatic carbocycles. The summed E-state index contributed by atoms with van der Waals surface area (Å²) in [5, 5.41) is 17.9. The first-order valence-electron chi connectivity index (χ1n) is 5.53. The number of phenolic OH excluding ortho intramolecular Hbond substituents is 1. The van der Waals surface area contributed by atoms with E-state index in [9.17, 15) is 5.11 Å². The maximum Gasteiger partial charge on any atom is 0.189 e. The van der Waals surface area contributed by atoms with Crippen molar-refractivity contribution in [2.24, 2.45) is 0 Å². The second-order valence-corrected chi connectivity index (χ2v) is 3.91. The molecular weight excluding hydrogens is 246 g/mol. The van der Waals surface area contributed by atoms with Crippen molar-refractivity contribution >= 4 is 11.5 Å². The third-order valence-corrected chi connectivity index (χ3v) is 2.80. The summed E-state index contributed by atoms with van der Waals surface area (Å²) < 4.78 is 6.71. The first-order valence-corrected chi connectivity index (χ1v) is 5.53. The van der Waals surface area contributed by atoms with Crippen molar-refractivity contribution < 1.29 is 9.84 Å². The fourth-order valence-corrected chi connectivity index (χ4v) is 1.87. The summed E-state index contributed by atoms with van der Waals surface area (Å²) in [5.74, 6) is 1.31. The van der Waals surface area contributed by atoms with E-state index in [4.69, 9.17) is 10.5 Å². The Labute approximate surface area is 108 Å². The first kappa shape index (κ1) is 11.3. The van der Waals surface area contributed by atoms with E-state index in [0.29, 0.717) is 22.8 Å². The number of rotatable bonds is 2. The number of nitrogen functional groups attached to an aromatic ring is 1. The van der Waals surface area contributed by atoms with E-state index in [-0.39, 0.29) is 11.6 Å². The van der Waals surface area contributed by atoms with Crippen LogP contribution >= 0.6 is 0 Å². The van der Waals surface area contributed by atoms with Crippen LogP contribution < -0.4 is 10.5 Å². The Bertz CT molecular complexity index is 753. The molecule has 96 valence electrons. The highest BCUT2D eigenvalue weighted by Crippen LogP contribution is 2.31. The lowest BCUT2D eigenvalue weighted by molar-refractivity contribution is 0.408. The van der Waals surface area contributed by atoms with Gasteiger partial charge in [0.25, 0.3) is 0 Å². The molecule has 3 rings (SSSR count). The molecular formula is C12H11N5O2. The SMILES string of the molecule is COc1ccc(-c2nnc(N)c3nccn23)c(O)c1. The Morgan fingerprint density at radius 2 is 2.16 bits per heavy atom. The average Bonchev–Trinajstić information content (AvgIpc) is 2.90. The second-order valence-electron chi connectivity index (χ2n) is 3.91. The molecule has 0 atom stereocenters. The summed E-state index contributed by atoms with van der Waals surface area (Å²) in [6.45, 7) is 0. The summed E-state index contributed by atoms with van der Waals surface area (Å²) in [6.07, 6.45) is 3.30. The maximum absolute atomic E-state index is 10.0. The molecule has 0 amide bonds. The standard InChI is InChI=1S/C12H11N5O2/c1-19-7-2-3-8(9(18)6-7)11-16-15-10(13)12-14-4-5-17(11)12/h2-6,18H,1H3,(H2,13,15). The number of aromatic hydroxyl groups is 1. The van der Waals surface area contributed by atoms with Gasteiger partial charge in [-0.25, -0.2) is 4.98 Å². The van der Waals surface area contributed by atoms with E-state index in [1.807, 2.05) is 0 Å². The number of methoxy groups -OCH3 is 1. The first-order chi connectivity index (χ1) is 9.20. The van der Waals surface area contributed by atoms with Crippen molar-refractivity contribution in [2.45, 2.75) is 0 Å². The largest absolute Gasteiger partial charge is 0.507 e. The minimum Gasteiger partial charge on any atom is -0.507 e. The molecule has 1 aromatic carbocycles. The maximum atomic E-state index is 10.0. The van der Waals surface area contributed by atoms with Gasteiger partial charge in [0.1, 0.15) is 11.5 Å². The van der Waals surface area contributed by atoms with Gasteiger partial charge in [0, 0.05) is 18.5 Å². The molecule has 0 aliphatic rings.